The number of halogens is 3. The van der Waals surface area contributed by atoms with Crippen molar-refractivity contribution >= 4 is 5.52 Å². The fourth-order valence-electron chi connectivity index (χ4n) is 1.35. The van der Waals surface area contributed by atoms with Gasteiger partial charge in [0.2, 0.25) is 0 Å². The topological polar surface area (TPSA) is 41.1 Å². The summed E-state index contributed by atoms with van der Waals surface area (Å²) >= 11 is 0. The monoisotopic (exact) mass is 211 g/mol. The van der Waals surface area contributed by atoms with Crippen LogP contribution in [0, 0.1) is 11.3 Å². The molecule has 15 heavy (non-hydrogen) atoms. The molecule has 0 radical (unpaired) electrons. The van der Waals surface area contributed by atoms with Crippen LogP contribution in [0.4, 0.5) is 13.2 Å². The van der Waals surface area contributed by atoms with Gasteiger partial charge in [0.25, 0.3) is 0 Å². The number of nitrogens with zero attached hydrogens (tertiary/aromatic N) is 3. The van der Waals surface area contributed by atoms with Crippen molar-refractivity contribution in [3.63, 3.8) is 0 Å². The van der Waals surface area contributed by atoms with Gasteiger partial charge >= 0.3 is 6.18 Å². The Morgan fingerprint density at radius 2 is 2.13 bits per heavy atom. The molecule has 0 N–H and O–H groups in total. The summed E-state index contributed by atoms with van der Waals surface area (Å²) in [6, 6.07) is 3.85. The van der Waals surface area contributed by atoms with Gasteiger partial charge in [-0.05, 0) is 12.1 Å². The third-order valence-corrected chi connectivity index (χ3v) is 1.97. The zero-order valence-corrected chi connectivity index (χ0v) is 7.28. The maximum Gasteiger partial charge on any atom is 0.418 e. The summed E-state index contributed by atoms with van der Waals surface area (Å²) in [7, 11) is 0. The van der Waals surface area contributed by atoms with Gasteiger partial charge in [-0.1, -0.05) is 0 Å². The Morgan fingerprint density at radius 3 is 2.73 bits per heavy atom. The largest absolute Gasteiger partial charge is 0.418 e. The summed E-state index contributed by atoms with van der Waals surface area (Å²) < 4.78 is 38.7. The first kappa shape index (κ1) is 9.52. The summed E-state index contributed by atoms with van der Waals surface area (Å²) in [6.07, 6.45) is -2.00. The Labute approximate surface area is 82.4 Å². The van der Waals surface area contributed by atoms with Crippen LogP contribution in [-0.2, 0) is 6.18 Å². The predicted molar refractivity (Wildman–Crippen MR) is 44.9 cm³/mol. The molecule has 0 saturated carbocycles. The Hall–Kier alpha value is -2.03. The van der Waals surface area contributed by atoms with Crippen molar-refractivity contribution in [1.82, 2.24) is 9.61 Å². The van der Waals surface area contributed by atoms with E-state index >= 15 is 0 Å². The number of pyridine rings is 1. The van der Waals surface area contributed by atoms with Crippen molar-refractivity contribution in [3.8, 4) is 6.07 Å². The normalized spacial score (nSPS) is 11.6. The Balaban J connectivity index is 2.86. The van der Waals surface area contributed by atoms with E-state index < -0.39 is 11.7 Å². The number of alkyl halides is 3. The lowest BCUT2D eigenvalue weighted by Gasteiger charge is -2.07. The zero-order valence-electron chi connectivity index (χ0n) is 7.28. The highest BCUT2D eigenvalue weighted by molar-refractivity contribution is 5.65. The van der Waals surface area contributed by atoms with E-state index in [9.17, 15) is 13.2 Å². The lowest BCUT2D eigenvalue weighted by atomic mass is 10.1. The first-order chi connectivity index (χ1) is 7.04. The van der Waals surface area contributed by atoms with E-state index in [0.717, 1.165) is 16.8 Å². The fraction of sp³-hybridized carbons (Fsp3) is 0.111. The third kappa shape index (κ3) is 1.42. The van der Waals surface area contributed by atoms with Crippen LogP contribution < -0.4 is 0 Å². The smallest absolute Gasteiger partial charge is 0.239 e. The van der Waals surface area contributed by atoms with Crippen LogP contribution in [0.1, 0.15) is 11.1 Å². The van der Waals surface area contributed by atoms with Gasteiger partial charge in [-0.15, -0.1) is 0 Å². The van der Waals surface area contributed by atoms with Gasteiger partial charge in [-0.3, -0.25) is 0 Å². The molecular formula is C9H4F3N3. The Kier molecular flexibility index (Phi) is 1.89. The molecule has 0 unspecified atom stereocenters. The number of hydrogen-bond donors (Lipinski definition) is 0. The number of hydrogen-bond acceptors (Lipinski definition) is 2. The van der Waals surface area contributed by atoms with E-state index in [1.165, 1.54) is 12.3 Å². The average molecular weight is 211 g/mol. The van der Waals surface area contributed by atoms with Gasteiger partial charge in [-0.25, -0.2) is 4.52 Å². The van der Waals surface area contributed by atoms with Gasteiger partial charge in [-0.2, -0.15) is 23.5 Å². The summed E-state index contributed by atoms with van der Waals surface area (Å²) in [5, 5.41) is 12.3. The highest BCUT2D eigenvalue weighted by atomic mass is 19.4. The quantitative estimate of drug-likeness (QED) is 0.670. The first-order valence-corrected chi connectivity index (χ1v) is 3.97. The van der Waals surface area contributed by atoms with Crippen molar-refractivity contribution in [2.75, 3.05) is 0 Å². The molecule has 0 aromatic carbocycles. The lowest BCUT2D eigenvalue weighted by molar-refractivity contribution is -0.136. The van der Waals surface area contributed by atoms with Gasteiger partial charge in [0, 0.05) is 6.20 Å². The third-order valence-electron chi connectivity index (χ3n) is 1.97. The minimum Gasteiger partial charge on any atom is -0.239 e. The fourth-order valence-corrected chi connectivity index (χ4v) is 1.35. The molecule has 0 amide bonds. The molecule has 0 aliphatic carbocycles. The maximum absolute atomic E-state index is 12.6. The van der Waals surface area contributed by atoms with Gasteiger partial charge in [0.15, 0.2) is 0 Å². The molecule has 0 fully saturated rings. The summed E-state index contributed by atoms with van der Waals surface area (Å²) in [6.45, 7) is 0. The number of fused-ring (bicyclic) bond motifs is 1. The SMILES string of the molecule is N#Cc1cnn2cccc(C(F)(F)F)c12. The van der Waals surface area contributed by atoms with Crippen molar-refractivity contribution in [2.45, 2.75) is 6.18 Å². The molecule has 0 saturated heterocycles. The van der Waals surface area contributed by atoms with Crippen LogP contribution in [-0.4, -0.2) is 9.61 Å². The van der Waals surface area contributed by atoms with Crippen molar-refractivity contribution in [2.24, 2.45) is 0 Å². The van der Waals surface area contributed by atoms with Crippen molar-refractivity contribution in [3.05, 3.63) is 35.7 Å². The van der Waals surface area contributed by atoms with Crippen LogP contribution in [0.25, 0.3) is 5.52 Å². The molecule has 0 spiro atoms. The van der Waals surface area contributed by atoms with Crippen molar-refractivity contribution < 1.29 is 13.2 Å². The van der Waals surface area contributed by atoms with E-state index in [2.05, 4.69) is 5.10 Å². The van der Waals surface area contributed by atoms with E-state index in [-0.39, 0.29) is 11.1 Å². The summed E-state index contributed by atoms with van der Waals surface area (Å²) in [5.74, 6) is 0. The Morgan fingerprint density at radius 1 is 1.40 bits per heavy atom. The number of aromatic nitrogens is 2. The molecule has 2 aromatic rings. The molecule has 0 bridgehead atoms. The Bertz CT molecular complexity index is 548. The van der Waals surface area contributed by atoms with E-state index in [1.807, 2.05) is 0 Å². The van der Waals surface area contributed by atoms with Crippen LogP contribution >= 0.6 is 0 Å². The molecule has 2 heterocycles. The van der Waals surface area contributed by atoms with E-state index in [1.54, 1.807) is 6.07 Å². The first-order valence-electron chi connectivity index (χ1n) is 3.97. The molecule has 76 valence electrons. The van der Waals surface area contributed by atoms with Gasteiger partial charge in [0.1, 0.15) is 6.07 Å². The molecule has 6 heteroatoms. The minimum atomic E-state index is -4.48. The molecule has 2 aromatic heterocycles. The summed E-state index contributed by atoms with van der Waals surface area (Å²) in [5.41, 5.74) is -1.13. The van der Waals surface area contributed by atoms with Gasteiger partial charge in [0.05, 0.1) is 22.8 Å². The highest BCUT2D eigenvalue weighted by Gasteiger charge is 2.34. The molecule has 0 aliphatic rings. The lowest BCUT2D eigenvalue weighted by Crippen LogP contribution is -2.07. The second-order valence-electron chi connectivity index (χ2n) is 2.88. The van der Waals surface area contributed by atoms with Crippen molar-refractivity contribution in [1.29, 1.82) is 5.26 Å². The number of rotatable bonds is 0. The molecule has 0 atom stereocenters. The van der Waals surface area contributed by atoms with Gasteiger partial charge < -0.3 is 0 Å². The predicted octanol–water partition coefficient (Wildman–Crippen LogP) is 2.22. The van der Waals surface area contributed by atoms with Crippen LogP contribution in [0.2, 0.25) is 0 Å². The second kappa shape index (κ2) is 2.98. The standard InChI is InChI=1S/C9H4F3N3/c10-9(11,12)7-2-1-3-15-8(7)6(4-13)5-14-15/h1-3,5H. The molecule has 3 nitrogen and oxygen atoms in total. The molecular weight excluding hydrogens is 207 g/mol. The molecule has 0 aliphatic heterocycles. The summed E-state index contributed by atoms with van der Waals surface area (Å²) in [4.78, 5) is 0. The highest BCUT2D eigenvalue weighted by Crippen LogP contribution is 2.33. The zero-order chi connectivity index (χ0) is 11.1. The van der Waals surface area contributed by atoms with E-state index in [0.29, 0.717) is 0 Å². The maximum atomic E-state index is 12.6. The molecule has 2 rings (SSSR count). The van der Waals surface area contributed by atoms with E-state index in [4.69, 9.17) is 5.26 Å². The second-order valence-corrected chi connectivity index (χ2v) is 2.88. The minimum absolute atomic E-state index is 0.0806. The number of nitriles is 1. The van der Waals surface area contributed by atoms with Crippen LogP contribution in [0.5, 0.6) is 0 Å². The average Bonchev–Trinajstić information content (AvgIpc) is 2.58. The van der Waals surface area contributed by atoms with Crippen LogP contribution in [0.15, 0.2) is 24.5 Å². The van der Waals surface area contributed by atoms with Crippen LogP contribution in [0.3, 0.4) is 0 Å².